The molecular formula is C18H16FNO3. The fourth-order valence-electron chi connectivity index (χ4n) is 2.54. The van der Waals surface area contributed by atoms with E-state index < -0.39 is 0 Å². The van der Waals surface area contributed by atoms with Crippen LogP contribution in [0, 0.1) is 5.82 Å². The van der Waals surface area contributed by atoms with Crippen LogP contribution in [0.3, 0.4) is 0 Å². The van der Waals surface area contributed by atoms with Gasteiger partial charge in [0.2, 0.25) is 0 Å². The van der Waals surface area contributed by atoms with Crippen molar-refractivity contribution in [1.29, 1.82) is 0 Å². The molecule has 0 aliphatic carbocycles. The van der Waals surface area contributed by atoms with Crippen molar-refractivity contribution in [3.05, 3.63) is 53.8 Å². The Bertz CT molecular complexity index is 853. The molecule has 4 nitrogen and oxygen atoms in total. The second-order valence-corrected chi connectivity index (χ2v) is 4.95. The minimum Gasteiger partial charge on any atom is -0.493 e. The summed E-state index contributed by atoms with van der Waals surface area (Å²) in [7, 11) is 1.55. The highest BCUT2D eigenvalue weighted by Gasteiger charge is 2.24. The molecule has 5 heteroatoms. The molecule has 3 rings (SSSR count). The standard InChI is InChI=1S/C18H16FNO3/c1-3-22-13-5-4-6-14-15(13)16(18(21)20-2)17(23-14)11-7-9-12(19)10-8-11/h4-10H,3H2,1-2H3,(H,20,21). The summed E-state index contributed by atoms with van der Waals surface area (Å²) in [5.74, 6) is 0.351. The van der Waals surface area contributed by atoms with Crippen molar-refractivity contribution in [3.63, 3.8) is 0 Å². The van der Waals surface area contributed by atoms with Crippen molar-refractivity contribution >= 4 is 16.9 Å². The van der Waals surface area contributed by atoms with Crippen LogP contribution < -0.4 is 10.1 Å². The average Bonchev–Trinajstić information content (AvgIpc) is 2.95. The summed E-state index contributed by atoms with van der Waals surface area (Å²) in [6, 6.07) is 11.2. The van der Waals surface area contributed by atoms with Crippen molar-refractivity contribution in [2.24, 2.45) is 0 Å². The van der Waals surface area contributed by atoms with Gasteiger partial charge in [0.1, 0.15) is 22.9 Å². The molecule has 0 spiro atoms. The van der Waals surface area contributed by atoms with Crippen molar-refractivity contribution in [2.45, 2.75) is 6.92 Å². The summed E-state index contributed by atoms with van der Waals surface area (Å²) in [6.07, 6.45) is 0. The Hall–Kier alpha value is -2.82. The third-order valence-corrected chi connectivity index (χ3v) is 3.54. The van der Waals surface area contributed by atoms with Crippen LogP contribution in [0.5, 0.6) is 5.75 Å². The maximum absolute atomic E-state index is 13.2. The third kappa shape index (κ3) is 2.65. The molecule has 0 bridgehead atoms. The molecule has 0 saturated heterocycles. The van der Waals surface area contributed by atoms with Gasteiger partial charge in [-0.15, -0.1) is 0 Å². The van der Waals surface area contributed by atoms with Crippen LogP contribution in [0.25, 0.3) is 22.3 Å². The van der Waals surface area contributed by atoms with Gasteiger partial charge in [0, 0.05) is 12.6 Å². The van der Waals surface area contributed by atoms with Gasteiger partial charge in [0.15, 0.2) is 0 Å². The number of amides is 1. The van der Waals surface area contributed by atoms with E-state index in [1.807, 2.05) is 6.92 Å². The summed E-state index contributed by atoms with van der Waals surface area (Å²) in [4.78, 5) is 12.4. The van der Waals surface area contributed by atoms with E-state index in [-0.39, 0.29) is 11.7 Å². The number of hydrogen-bond acceptors (Lipinski definition) is 3. The summed E-state index contributed by atoms with van der Waals surface area (Å²) < 4.78 is 24.7. The summed E-state index contributed by atoms with van der Waals surface area (Å²) in [5, 5.41) is 3.24. The largest absolute Gasteiger partial charge is 0.493 e. The van der Waals surface area contributed by atoms with E-state index >= 15 is 0 Å². The van der Waals surface area contributed by atoms with E-state index in [1.165, 1.54) is 12.1 Å². The van der Waals surface area contributed by atoms with Crippen LogP contribution in [0.15, 0.2) is 46.9 Å². The lowest BCUT2D eigenvalue weighted by molar-refractivity contribution is 0.0964. The SMILES string of the molecule is CCOc1cccc2oc(-c3ccc(F)cc3)c(C(=O)NC)c12. The minimum absolute atomic E-state index is 0.282. The zero-order valence-electron chi connectivity index (χ0n) is 12.9. The summed E-state index contributed by atoms with van der Waals surface area (Å²) in [5.41, 5.74) is 1.57. The first kappa shape index (κ1) is 15.1. The first-order chi connectivity index (χ1) is 11.2. The molecule has 1 heterocycles. The van der Waals surface area contributed by atoms with Crippen LogP contribution in [-0.4, -0.2) is 19.6 Å². The first-order valence-electron chi connectivity index (χ1n) is 7.32. The Morgan fingerprint density at radius 2 is 1.96 bits per heavy atom. The highest BCUT2D eigenvalue weighted by Crippen LogP contribution is 2.38. The minimum atomic E-state index is -0.346. The maximum atomic E-state index is 13.2. The Morgan fingerprint density at radius 1 is 1.22 bits per heavy atom. The molecular weight excluding hydrogens is 297 g/mol. The fourth-order valence-corrected chi connectivity index (χ4v) is 2.54. The van der Waals surface area contributed by atoms with Gasteiger partial charge in [-0.1, -0.05) is 6.07 Å². The van der Waals surface area contributed by atoms with Gasteiger partial charge < -0.3 is 14.5 Å². The predicted octanol–water partition coefficient (Wildman–Crippen LogP) is 4.00. The number of ether oxygens (including phenoxy) is 1. The Labute approximate surface area is 132 Å². The summed E-state index contributed by atoms with van der Waals surface area (Å²) >= 11 is 0. The highest BCUT2D eigenvalue weighted by molar-refractivity contribution is 6.13. The number of hydrogen-bond donors (Lipinski definition) is 1. The quantitative estimate of drug-likeness (QED) is 0.792. The number of fused-ring (bicyclic) bond motifs is 1. The molecule has 0 fully saturated rings. The van der Waals surface area contributed by atoms with Crippen LogP contribution in [0.2, 0.25) is 0 Å². The molecule has 0 radical (unpaired) electrons. The third-order valence-electron chi connectivity index (χ3n) is 3.54. The van der Waals surface area contributed by atoms with E-state index in [9.17, 15) is 9.18 Å². The second-order valence-electron chi connectivity index (χ2n) is 4.95. The van der Waals surface area contributed by atoms with Crippen LogP contribution in [-0.2, 0) is 0 Å². The van der Waals surface area contributed by atoms with Gasteiger partial charge in [-0.3, -0.25) is 4.79 Å². The molecule has 1 aromatic heterocycles. The maximum Gasteiger partial charge on any atom is 0.255 e. The van der Waals surface area contributed by atoms with E-state index in [0.29, 0.717) is 40.2 Å². The Kier molecular flexibility index (Phi) is 4.02. The normalized spacial score (nSPS) is 10.7. The number of benzene rings is 2. The molecule has 0 aliphatic rings. The number of nitrogens with one attached hydrogen (secondary N) is 1. The first-order valence-corrected chi connectivity index (χ1v) is 7.32. The molecule has 0 saturated carbocycles. The molecule has 0 aliphatic heterocycles. The molecule has 3 aromatic rings. The zero-order valence-corrected chi connectivity index (χ0v) is 12.9. The lowest BCUT2D eigenvalue weighted by Crippen LogP contribution is -2.18. The van der Waals surface area contributed by atoms with Gasteiger partial charge in [0.05, 0.1) is 17.6 Å². The number of carbonyl (C=O) groups is 1. The number of rotatable bonds is 4. The Morgan fingerprint density at radius 3 is 2.61 bits per heavy atom. The molecule has 1 N–H and O–H groups in total. The van der Waals surface area contributed by atoms with Crippen LogP contribution in [0.1, 0.15) is 17.3 Å². The van der Waals surface area contributed by atoms with Crippen molar-refractivity contribution in [3.8, 4) is 17.1 Å². The summed E-state index contributed by atoms with van der Waals surface area (Å²) in [6.45, 7) is 2.35. The van der Waals surface area contributed by atoms with Gasteiger partial charge in [0.25, 0.3) is 5.91 Å². The van der Waals surface area contributed by atoms with Crippen molar-refractivity contribution in [1.82, 2.24) is 5.32 Å². The van der Waals surface area contributed by atoms with Crippen molar-refractivity contribution in [2.75, 3.05) is 13.7 Å². The van der Waals surface area contributed by atoms with E-state index in [0.717, 1.165) is 0 Å². The highest BCUT2D eigenvalue weighted by atomic mass is 19.1. The van der Waals surface area contributed by atoms with Gasteiger partial charge in [-0.25, -0.2) is 4.39 Å². The average molecular weight is 313 g/mol. The van der Waals surface area contributed by atoms with Gasteiger partial charge in [-0.2, -0.15) is 0 Å². The van der Waals surface area contributed by atoms with E-state index in [2.05, 4.69) is 5.32 Å². The van der Waals surface area contributed by atoms with E-state index in [1.54, 1.807) is 37.4 Å². The Balaban J connectivity index is 2.31. The lowest BCUT2D eigenvalue weighted by atomic mass is 10.0. The lowest BCUT2D eigenvalue weighted by Gasteiger charge is -2.06. The van der Waals surface area contributed by atoms with Crippen LogP contribution in [0.4, 0.5) is 4.39 Å². The number of halogens is 1. The smallest absolute Gasteiger partial charge is 0.255 e. The molecule has 0 atom stereocenters. The zero-order chi connectivity index (χ0) is 16.4. The molecule has 2 aromatic carbocycles. The van der Waals surface area contributed by atoms with E-state index in [4.69, 9.17) is 9.15 Å². The molecule has 0 unspecified atom stereocenters. The fraction of sp³-hybridized carbons (Fsp3) is 0.167. The van der Waals surface area contributed by atoms with Crippen LogP contribution >= 0.6 is 0 Å². The molecule has 118 valence electrons. The molecule has 23 heavy (non-hydrogen) atoms. The molecule has 1 amide bonds. The second kappa shape index (κ2) is 6.12. The predicted molar refractivity (Wildman–Crippen MR) is 86.2 cm³/mol. The van der Waals surface area contributed by atoms with Gasteiger partial charge >= 0.3 is 0 Å². The topological polar surface area (TPSA) is 51.5 Å². The number of carbonyl (C=O) groups excluding carboxylic acids is 1. The van der Waals surface area contributed by atoms with Crippen molar-refractivity contribution < 1.29 is 18.3 Å². The van der Waals surface area contributed by atoms with Gasteiger partial charge in [-0.05, 0) is 43.3 Å². The monoisotopic (exact) mass is 313 g/mol. The number of furan rings is 1.